The van der Waals surface area contributed by atoms with Gasteiger partial charge in [-0.25, -0.2) is 8.42 Å². The predicted octanol–water partition coefficient (Wildman–Crippen LogP) is 5.78. The molecule has 0 radical (unpaired) electrons. The van der Waals surface area contributed by atoms with Crippen molar-refractivity contribution in [2.75, 3.05) is 30.3 Å². The summed E-state index contributed by atoms with van der Waals surface area (Å²) in [6.45, 7) is 5.54. The molecule has 4 aliphatic rings. The number of aliphatic hydroxyl groups excluding tert-OH is 1. The van der Waals surface area contributed by atoms with E-state index in [9.17, 15) is 18.3 Å². The SMILES string of the molecule is C[C@@H]1[C@@H](C)C/C=C/[C@H](O)[C@@H]2CC[C@H]2CN2C[C@@]3(CCCc4cc(Cl)ccc43)COc3ccc(cc32)C(=O)CS1(=O)=O. The number of sulfone groups is 1. The van der Waals surface area contributed by atoms with Crippen molar-refractivity contribution in [3.8, 4) is 5.75 Å². The highest BCUT2D eigenvalue weighted by Gasteiger charge is 2.44. The van der Waals surface area contributed by atoms with E-state index in [0.717, 1.165) is 49.4 Å². The van der Waals surface area contributed by atoms with Crippen molar-refractivity contribution in [2.24, 2.45) is 17.8 Å². The van der Waals surface area contributed by atoms with Crippen molar-refractivity contribution in [3.63, 3.8) is 0 Å². The smallest absolute Gasteiger partial charge is 0.177 e. The van der Waals surface area contributed by atoms with Crippen LogP contribution in [0, 0.1) is 17.8 Å². The minimum absolute atomic E-state index is 0.140. The Labute approximate surface area is 248 Å². The number of aliphatic hydroxyl groups is 1. The van der Waals surface area contributed by atoms with Gasteiger partial charge in [0.1, 0.15) is 11.5 Å². The van der Waals surface area contributed by atoms with Gasteiger partial charge in [0.25, 0.3) is 0 Å². The zero-order chi connectivity index (χ0) is 28.9. The maximum atomic E-state index is 13.4. The first-order valence-electron chi connectivity index (χ1n) is 15.0. The van der Waals surface area contributed by atoms with Crippen LogP contribution in [0.2, 0.25) is 5.02 Å². The van der Waals surface area contributed by atoms with Crippen LogP contribution < -0.4 is 9.64 Å². The number of Topliss-reactive ketones (excluding diaryl/α,β-unsaturated/α-hetero) is 1. The molecule has 2 bridgehead atoms. The molecule has 0 unspecified atom stereocenters. The van der Waals surface area contributed by atoms with Crippen LogP contribution in [0.1, 0.15) is 67.4 Å². The lowest BCUT2D eigenvalue weighted by Gasteiger charge is -2.45. The Morgan fingerprint density at radius 3 is 2.73 bits per heavy atom. The molecule has 1 spiro atoms. The third-order valence-electron chi connectivity index (χ3n) is 10.3. The lowest BCUT2D eigenvalue weighted by molar-refractivity contribution is 0.0456. The normalized spacial score (nSPS) is 34.0. The van der Waals surface area contributed by atoms with Crippen LogP contribution in [0.4, 0.5) is 5.69 Å². The van der Waals surface area contributed by atoms with Crippen LogP contribution in [0.5, 0.6) is 5.75 Å². The standard InChI is InChI=1S/C33H40ClNO5S/c1-21-5-3-7-30(36)27-11-8-25(27)17-35-19-33(14-4-6-23-15-26(34)10-12-28(23)33)20-40-32-13-9-24(16-29(32)35)31(37)18-41(38,39)22(21)2/h3,7,9-10,12-13,15-16,21-22,25,27,30,36H,4-6,8,11,14,17-20H2,1-2H3/b7-3+/t21-,22+,25-,27+,30-,33-/m0/s1. The lowest BCUT2D eigenvalue weighted by atomic mass is 9.68. The number of aryl methyl sites for hydroxylation is 1. The molecule has 41 heavy (non-hydrogen) atoms. The van der Waals surface area contributed by atoms with E-state index in [0.29, 0.717) is 36.8 Å². The monoisotopic (exact) mass is 597 g/mol. The van der Waals surface area contributed by atoms with E-state index in [2.05, 4.69) is 17.0 Å². The molecule has 6 atom stereocenters. The predicted molar refractivity (Wildman–Crippen MR) is 163 cm³/mol. The first-order valence-corrected chi connectivity index (χ1v) is 17.1. The summed E-state index contributed by atoms with van der Waals surface area (Å²) in [7, 11) is -3.66. The average molecular weight is 598 g/mol. The molecule has 1 N–H and O–H groups in total. The van der Waals surface area contributed by atoms with Crippen molar-refractivity contribution in [1.82, 2.24) is 0 Å². The largest absolute Gasteiger partial charge is 0.490 e. The number of fused-ring (bicyclic) bond motifs is 4. The quantitative estimate of drug-likeness (QED) is 0.388. The number of carbonyl (C=O) groups is 1. The van der Waals surface area contributed by atoms with Gasteiger partial charge < -0.3 is 14.7 Å². The Bertz CT molecular complexity index is 1470. The van der Waals surface area contributed by atoms with Crippen LogP contribution in [0.25, 0.3) is 0 Å². The molecule has 2 aromatic carbocycles. The summed E-state index contributed by atoms with van der Waals surface area (Å²) in [5.74, 6) is 0.0793. The molecular formula is C33H40ClNO5S. The van der Waals surface area contributed by atoms with Gasteiger partial charge in [0.2, 0.25) is 0 Å². The molecular weight excluding hydrogens is 558 g/mol. The zero-order valence-corrected chi connectivity index (χ0v) is 25.5. The summed E-state index contributed by atoms with van der Waals surface area (Å²) < 4.78 is 33.0. The first-order chi connectivity index (χ1) is 19.6. The number of carbonyl (C=O) groups excluding carboxylic acids is 1. The molecule has 1 fully saturated rings. The van der Waals surface area contributed by atoms with Crippen LogP contribution in [-0.2, 0) is 21.7 Å². The molecule has 2 aliphatic carbocycles. The number of benzene rings is 2. The molecule has 2 aromatic rings. The Morgan fingerprint density at radius 1 is 1.12 bits per heavy atom. The Hall–Kier alpha value is -2.35. The lowest BCUT2D eigenvalue weighted by Crippen LogP contribution is -2.49. The number of rotatable bonds is 0. The second-order valence-electron chi connectivity index (χ2n) is 12.9. The van der Waals surface area contributed by atoms with Crippen molar-refractivity contribution in [2.45, 2.75) is 69.1 Å². The van der Waals surface area contributed by atoms with Crippen molar-refractivity contribution in [1.29, 1.82) is 0 Å². The molecule has 0 aromatic heterocycles. The van der Waals surface area contributed by atoms with Gasteiger partial charge in [-0.2, -0.15) is 0 Å². The zero-order valence-electron chi connectivity index (χ0n) is 23.9. The third-order valence-corrected chi connectivity index (χ3v) is 12.8. The van der Waals surface area contributed by atoms with Crippen LogP contribution >= 0.6 is 11.6 Å². The second-order valence-corrected chi connectivity index (χ2v) is 15.6. The van der Waals surface area contributed by atoms with E-state index in [-0.39, 0.29) is 23.0 Å². The van der Waals surface area contributed by atoms with Crippen molar-refractivity contribution >= 4 is 32.9 Å². The molecule has 6 nitrogen and oxygen atoms in total. The number of anilines is 1. The third kappa shape index (κ3) is 5.46. The summed E-state index contributed by atoms with van der Waals surface area (Å²) >= 11 is 6.38. The number of ketones is 1. The highest BCUT2D eigenvalue weighted by Crippen LogP contribution is 2.46. The van der Waals surface area contributed by atoms with E-state index in [1.165, 1.54) is 11.1 Å². The second kappa shape index (κ2) is 11.1. The summed E-state index contributed by atoms with van der Waals surface area (Å²) in [4.78, 5) is 15.8. The Kier molecular flexibility index (Phi) is 7.75. The van der Waals surface area contributed by atoms with Crippen molar-refractivity contribution in [3.05, 3.63) is 70.3 Å². The van der Waals surface area contributed by atoms with E-state index in [4.69, 9.17) is 16.3 Å². The van der Waals surface area contributed by atoms with Gasteiger partial charge in [0, 0.05) is 29.1 Å². The molecule has 1 saturated carbocycles. The summed E-state index contributed by atoms with van der Waals surface area (Å²) in [6.07, 6.45) is 8.73. The Morgan fingerprint density at radius 2 is 1.95 bits per heavy atom. The minimum Gasteiger partial charge on any atom is -0.490 e. The highest BCUT2D eigenvalue weighted by molar-refractivity contribution is 7.92. The van der Waals surface area contributed by atoms with Crippen LogP contribution in [0.15, 0.2) is 48.6 Å². The van der Waals surface area contributed by atoms with Crippen LogP contribution in [0.3, 0.4) is 0 Å². The van der Waals surface area contributed by atoms with Gasteiger partial charge in [-0.15, -0.1) is 0 Å². The molecule has 220 valence electrons. The average Bonchev–Trinajstić information content (AvgIpc) is 3.06. The van der Waals surface area contributed by atoms with Crippen molar-refractivity contribution < 1.29 is 23.1 Å². The fraction of sp³-hybridized carbons (Fsp3) is 0.545. The van der Waals surface area contributed by atoms with Gasteiger partial charge in [-0.1, -0.05) is 36.7 Å². The number of hydrogen-bond acceptors (Lipinski definition) is 6. The fourth-order valence-electron chi connectivity index (χ4n) is 7.36. The molecule has 2 heterocycles. The molecule has 2 aliphatic heterocycles. The summed E-state index contributed by atoms with van der Waals surface area (Å²) in [6, 6.07) is 11.6. The Balaban J connectivity index is 1.42. The number of ether oxygens (including phenoxy) is 1. The molecule has 6 rings (SSSR count). The first kappa shape index (κ1) is 28.8. The topological polar surface area (TPSA) is 83.9 Å². The van der Waals surface area contributed by atoms with Crippen LogP contribution in [-0.4, -0.2) is 56.1 Å². The van der Waals surface area contributed by atoms with E-state index in [1.807, 2.05) is 37.3 Å². The van der Waals surface area contributed by atoms with Gasteiger partial charge in [-0.05, 0) is 105 Å². The maximum Gasteiger partial charge on any atom is 0.177 e. The summed E-state index contributed by atoms with van der Waals surface area (Å²) in [5.41, 5.74) is 3.51. The van der Waals surface area contributed by atoms with E-state index in [1.54, 1.807) is 13.0 Å². The number of nitrogens with zero attached hydrogens (tertiary/aromatic N) is 1. The highest BCUT2D eigenvalue weighted by atomic mass is 35.5. The van der Waals surface area contributed by atoms with E-state index < -0.39 is 26.9 Å². The maximum absolute atomic E-state index is 13.4. The van der Waals surface area contributed by atoms with Gasteiger partial charge in [0.15, 0.2) is 15.6 Å². The van der Waals surface area contributed by atoms with Gasteiger partial charge in [-0.3, -0.25) is 4.79 Å². The summed E-state index contributed by atoms with van der Waals surface area (Å²) in [5, 5.41) is 11.2. The number of hydrogen-bond donors (Lipinski definition) is 1. The number of allylic oxidation sites excluding steroid dienone is 1. The van der Waals surface area contributed by atoms with Gasteiger partial charge in [0.05, 0.1) is 23.6 Å². The molecule has 0 saturated heterocycles. The number of halogens is 1. The van der Waals surface area contributed by atoms with E-state index >= 15 is 0 Å². The fourth-order valence-corrected chi connectivity index (χ4v) is 9.17. The van der Waals surface area contributed by atoms with Gasteiger partial charge >= 0.3 is 0 Å². The minimum atomic E-state index is -3.66. The molecule has 0 amide bonds. The molecule has 8 heteroatoms.